The van der Waals surface area contributed by atoms with Crippen molar-refractivity contribution in [3.05, 3.63) is 57.9 Å². The highest BCUT2D eigenvalue weighted by Gasteiger charge is 2.44. The zero-order valence-electron chi connectivity index (χ0n) is 19.3. The van der Waals surface area contributed by atoms with Gasteiger partial charge in [-0.25, -0.2) is 14.8 Å². The maximum Gasteiger partial charge on any atom is 0.356 e. The quantitative estimate of drug-likeness (QED) is 0.441. The smallest absolute Gasteiger partial charge is 0.356 e. The molecule has 1 saturated carbocycles. The maximum atomic E-state index is 11.7. The summed E-state index contributed by atoms with van der Waals surface area (Å²) in [5, 5.41) is 14.2. The fraction of sp³-hybridized carbons (Fsp3) is 0.423. The van der Waals surface area contributed by atoms with Crippen LogP contribution in [0, 0.1) is 19.3 Å². The fourth-order valence-corrected chi connectivity index (χ4v) is 5.26. The van der Waals surface area contributed by atoms with E-state index in [1.54, 1.807) is 12.1 Å². The minimum atomic E-state index is -1.11. The molecule has 7 heteroatoms. The molecule has 2 N–H and O–H groups in total. The van der Waals surface area contributed by atoms with E-state index in [0.29, 0.717) is 11.1 Å². The Labute approximate surface area is 199 Å². The average Bonchev–Trinajstić information content (AvgIpc) is 3.53. The van der Waals surface area contributed by atoms with Gasteiger partial charge in [-0.3, -0.25) is 0 Å². The van der Waals surface area contributed by atoms with Gasteiger partial charge in [0.1, 0.15) is 11.0 Å². The monoisotopic (exact) mass is 464 g/mol. The van der Waals surface area contributed by atoms with Crippen molar-refractivity contribution in [3.63, 3.8) is 0 Å². The summed E-state index contributed by atoms with van der Waals surface area (Å²) in [4.78, 5) is 23.3. The molecule has 1 spiro atoms. The van der Waals surface area contributed by atoms with Crippen molar-refractivity contribution >= 4 is 40.0 Å². The van der Waals surface area contributed by atoms with E-state index >= 15 is 0 Å². The molecular weight excluding hydrogens is 436 g/mol. The van der Waals surface area contributed by atoms with Crippen LogP contribution in [0.2, 0.25) is 5.15 Å². The highest BCUT2D eigenvalue weighted by Crippen LogP contribution is 2.54. The molecule has 3 heterocycles. The van der Waals surface area contributed by atoms with Crippen molar-refractivity contribution < 1.29 is 9.90 Å². The summed E-state index contributed by atoms with van der Waals surface area (Å²) in [6.07, 6.45) is 5.28. The van der Waals surface area contributed by atoms with E-state index in [-0.39, 0.29) is 16.9 Å². The summed E-state index contributed by atoms with van der Waals surface area (Å²) in [5.41, 5.74) is 5.30. The lowest BCUT2D eigenvalue weighted by Gasteiger charge is -2.34. The second kappa shape index (κ2) is 8.17. The van der Waals surface area contributed by atoms with E-state index in [4.69, 9.17) is 16.6 Å². The number of benzene rings is 1. The molecule has 3 aromatic rings. The molecule has 0 unspecified atom stereocenters. The van der Waals surface area contributed by atoms with E-state index in [2.05, 4.69) is 47.2 Å². The lowest BCUT2D eigenvalue weighted by Crippen LogP contribution is -2.35. The van der Waals surface area contributed by atoms with Gasteiger partial charge in [-0.2, -0.15) is 0 Å². The second-order valence-electron chi connectivity index (χ2n) is 9.74. The minimum absolute atomic E-state index is 0.0851. The molecular formula is C26H29ClN4O2. The Bertz CT molecular complexity index is 1240. The number of halogens is 1. The number of nitrogens with zero attached hydrogens (tertiary/aromatic N) is 3. The van der Waals surface area contributed by atoms with E-state index in [9.17, 15) is 9.90 Å². The minimum Gasteiger partial charge on any atom is -0.476 e. The summed E-state index contributed by atoms with van der Waals surface area (Å²) >= 11 is 5.92. The molecule has 1 aliphatic heterocycles. The van der Waals surface area contributed by atoms with Crippen LogP contribution in [0.15, 0.2) is 30.3 Å². The number of carbonyl (C=O) groups is 1. The topological polar surface area (TPSA) is 78.3 Å². The molecule has 1 atom stereocenters. The Kier molecular flexibility index (Phi) is 5.44. The molecule has 0 radical (unpaired) electrons. The number of anilines is 2. The van der Waals surface area contributed by atoms with E-state index in [1.807, 2.05) is 6.92 Å². The van der Waals surface area contributed by atoms with Crippen molar-refractivity contribution in [1.82, 2.24) is 9.97 Å². The van der Waals surface area contributed by atoms with E-state index < -0.39 is 5.97 Å². The van der Waals surface area contributed by atoms with Gasteiger partial charge >= 0.3 is 5.97 Å². The number of fused-ring (bicyclic) bond motifs is 1. The van der Waals surface area contributed by atoms with Crippen LogP contribution in [0.25, 0.3) is 10.9 Å². The first-order valence-corrected chi connectivity index (χ1v) is 12.0. The number of rotatable bonds is 5. The molecule has 172 valence electrons. The van der Waals surface area contributed by atoms with Crippen molar-refractivity contribution in [2.75, 3.05) is 23.3 Å². The van der Waals surface area contributed by atoms with Crippen LogP contribution >= 0.6 is 11.6 Å². The molecule has 2 aliphatic rings. The molecule has 2 fully saturated rings. The van der Waals surface area contributed by atoms with Gasteiger partial charge in [-0.15, -0.1) is 0 Å². The molecule has 2 aromatic heterocycles. The molecule has 1 saturated heterocycles. The number of nitrogens with one attached hydrogen (secondary N) is 1. The van der Waals surface area contributed by atoms with Crippen molar-refractivity contribution in [2.45, 2.75) is 52.5 Å². The van der Waals surface area contributed by atoms with Crippen LogP contribution in [0.3, 0.4) is 0 Å². The third-order valence-corrected chi connectivity index (χ3v) is 7.45. The first kappa shape index (κ1) is 22.0. The predicted octanol–water partition coefficient (Wildman–Crippen LogP) is 6.15. The lowest BCUT2D eigenvalue weighted by molar-refractivity contribution is 0.0691. The van der Waals surface area contributed by atoms with Gasteiger partial charge < -0.3 is 15.3 Å². The predicted molar refractivity (Wildman–Crippen MR) is 133 cm³/mol. The van der Waals surface area contributed by atoms with Gasteiger partial charge in [-0.05, 0) is 81.7 Å². The number of hydrogen-bond acceptors (Lipinski definition) is 5. The van der Waals surface area contributed by atoms with E-state index in [1.165, 1.54) is 31.2 Å². The molecule has 1 aromatic carbocycles. The molecule has 5 rings (SSSR count). The summed E-state index contributed by atoms with van der Waals surface area (Å²) < 4.78 is 0. The summed E-state index contributed by atoms with van der Waals surface area (Å²) in [6, 6.07) is 9.61. The maximum absolute atomic E-state index is 11.7. The molecule has 0 bridgehead atoms. The number of aromatic carboxylic acids is 1. The number of piperidine rings is 1. The van der Waals surface area contributed by atoms with Crippen molar-refractivity contribution in [3.8, 4) is 0 Å². The summed E-state index contributed by atoms with van der Waals surface area (Å²) in [5.74, 6) is -0.0504. The first-order chi connectivity index (χ1) is 15.7. The first-order valence-electron chi connectivity index (χ1n) is 11.6. The SMILES string of the molecule is Cc1cc([C@@H](C)Nc2ccc(Cl)nc2C(=O)O)c2nc(N3CCC4(CC3)CC4)c(C)cc2c1. The van der Waals surface area contributed by atoms with Crippen LogP contribution < -0.4 is 10.2 Å². The number of aromatic nitrogens is 2. The Hall–Kier alpha value is -2.86. The van der Waals surface area contributed by atoms with Crippen molar-refractivity contribution in [1.29, 1.82) is 0 Å². The summed E-state index contributed by atoms with van der Waals surface area (Å²) in [7, 11) is 0. The number of carboxylic acids is 1. The van der Waals surface area contributed by atoms with Crippen LogP contribution in [-0.4, -0.2) is 34.1 Å². The Balaban J connectivity index is 1.51. The van der Waals surface area contributed by atoms with E-state index in [0.717, 1.165) is 40.9 Å². The third-order valence-electron chi connectivity index (χ3n) is 7.24. The summed E-state index contributed by atoms with van der Waals surface area (Å²) in [6.45, 7) is 8.36. The average molecular weight is 465 g/mol. The standard InChI is InChI=1S/C26H29ClN4O2/c1-15-12-18-14-16(2)24(31-10-8-26(6-7-26)9-11-31)30-22(18)19(13-15)17(3)28-20-4-5-21(27)29-23(20)25(32)33/h4-5,12-14,17,28H,6-11H2,1-3H3,(H,32,33)/t17-/m1/s1. The van der Waals surface area contributed by atoms with Gasteiger partial charge in [0, 0.05) is 24.0 Å². The number of pyridine rings is 2. The molecule has 1 aliphatic carbocycles. The Morgan fingerprint density at radius 1 is 1.12 bits per heavy atom. The van der Waals surface area contributed by atoms with Gasteiger partial charge in [0.15, 0.2) is 5.69 Å². The van der Waals surface area contributed by atoms with Crippen molar-refractivity contribution in [2.24, 2.45) is 5.41 Å². The zero-order valence-corrected chi connectivity index (χ0v) is 20.0. The van der Waals surface area contributed by atoms with Crippen LogP contribution in [0.4, 0.5) is 11.5 Å². The van der Waals surface area contributed by atoms with Gasteiger partial charge in [0.2, 0.25) is 0 Å². The van der Waals surface area contributed by atoms with Gasteiger partial charge in [0.05, 0.1) is 17.2 Å². The lowest BCUT2D eigenvalue weighted by atomic mass is 9.93. The second-order valence-corrected chi connectivity index (χ2v) is 10.1. The Morgan fingerprint density at radius 3 is 2.52 bits per heavy atom. The Morgan fingerprint density at radius 2 is 1.85 bits per heavy atom. The highest BCUT2D eigenvalue weighted by molar-refractivity contribution is 6.29. The molecule has 33 heavy (non-hydrogen) atoms. The highest BCUT2D eigenvalue weighted by atomic mass is 35.5. The molecule has 0 amide bonds. The van der Waals surface area contributed by atoms with Crippen LogP contribution in [0.5, 0.6) is 0 Å². The largest absolute Gasteiger partial charge is 0.476 e. The van der Waals surface area contributed by atoms with Crippen LogP contribution in [0.1, 0.15) is 65.8 Å². The fourth-order valence-electron chi connectivity index (χ4n) is 5.11. The number of aryl methyl sites for hydroxylation is 2. The number of hydrogen-bond donors (Lipinski definition) is 2. The van der Waals surface area contributed by atoms with Crippen LogP contribution in [-0.2, 0) is 0 Å². The normalized spacial score (nSPS) is 17.9. The van der Waals surface area contributed by atoms with Gasteiger partial charge in [0.25, 0.3) is 0 Å². The molecule has 6 nitrogen and oxygen atoms in total. The third kappa shape index (κ3) is 4.24. The zero-order chi connectivity index (χ0) is 23.3. The number of carboxylic acid groups (broad SMARTS) is 1. The van der Waals surface area contributed by atoms with Gasteiger partial charge in [-0.1, -0.05) is 23.2 Å².